The van der Waals surface area contributed by atoms with Crippen molar-refractivity contribution < 1.29 is 23.4 Å². The Labute approximate surface area is 184 Å². The molecule has 0 spiro atoms. The van der Waals surface area contributed by atoms with E-state index in [9.17, 15) is 4.79 Å². The van der Waals surface area contributed by atoms with Crippen LogP contribution < -0.4 is 14.2 Å². The SMILES string of the molecule is COc1cc(C(=O)N2CCCN(Cc3ncc(C(C)(C)C)o3)CC2)cc(OC)c1OC. The van der Waals surface area contributed by atoms with Crippen LogP contribution in [0.2, 0.25) is 0 Å². The fourth-order valence-electron chi connectivity index (χ4n) is 3.64. The van der Waals surface area contributed by atoms with Gasteiger partial charge in [0, 0.05) is 37.2 Å². The Morgan fingerprint density at radius 1 is 1.03 bits per heavy atom. The molecule has 1 saturated heterocycles. The summed E-state index contributed by atoms with van der Waals surface area (Å²) in [7, 11) is 4.63. The van der Waals surface area contributed by atoms with E-state index >= 15 is 0 Å². The number of ether oxygens (including phenoxy) is 3. The molecule has 0 radical (unpaired) electrons. The van der Waals surface area contributed by atoms with Gasteiger partial charge in [-0.15, -0.1) is 0 Å². The summed E-state index contributed by atoms with van der Waals surface area (Å²) in [5.41, 5.74) is 0.457. The summed E-state index contributed by atoms with van der Waals surface area (Å²) in [5, 5.41) is 0. The maximum absolute atomic E-state index is 13.2. The molecule has 1 amide bonds. The summed E-state index contributed by atoms with van der Waals surface area (Å²) in [4.78, 5) is 21.8. The van der Waals surface area contributed by atoms with Crippen molar-refractivity contribution in [1.29, 1.82) is 0 Å². The second-order valence-electron chi connectivity index (χ2n) is 8.70. The lowest BCUT2D eigenvalue weighted by Crippen LogP contribution is -2.35. The molecule has 2 heterocycles. The number of carbonyl (C=O) groups is 1. The highest BCUT2D eigenvalue weighted by molar-refractivity contribution is 5.95. The number of oxazole rings is 1. The van der Waals surface area contributed by atoms with Crippen LogP contribution in [0, 0.1) is 0 Å². The molecule has 1 aromatic carbocycles. The molecule has 31 heavy (non-hydrogen) atoms. The Balaban J connectivity index is 1.68. The zero-order chi connectivity index (χ0) is 22.6. The Kier molecular flexibility index (Phi) is 7.10. The summed E-state index contributed by atoms with van der Waals surface area (Å²) in [6.45, 7) is 9.91. The number of amides is 1. The van der Waals surface area contributed by atoms with Crippen LogP contribution in [-0.4, -0.2) is 68.2 Å². The molecule has 1 fully saturated rings. The molecular weight excluding hydrogens is 398 g/mol. The molecule has 8 heteroatoms. The van der Waals surface area contributed by atoms with E-state index in [1.54, 1.807) is 33.5 Å². The van der Waals surface area contributed by atoms with Crippen LogP contribution in [0.15, 0.2) is 22.7 Å². The van der Waals surface area contributed by atoms with Crippen molar-refractivity contribution in [3.8, 4) is 17.2 Å². The van der Waals surface area contributed by atoms with Crippen LogP contribution in [0.5, 0.6) is 17.2 Å². The largest absolute Gasteiger partial charge is 0.493 e. The van der Waals surface area contributed by atoms with Gasteiger partial charge in [0.15, 0.2) is 11.5 Å². The first kappa shape index (κ1) is 22.9. The van der Waals surface area contributed by atoms with Gasteiger partial charge in [-0.3, -0.25) is 9.69 Å². The zero-order valence-electron chi connectivity index (χ0n) is 19.4. The number of benzene rings is 1. The van der Waals surface area contributed by atoms with Crippen LogP contribution >= 0.6 is 0 Å². The molecular formula is C23H33N3O5. The van der Waals surface area contributed by atoms with E-state index < -0.39 is 0 Å². The van der Waals surface area contributed by atoms with Crippen molar-refractivity contribution in [1.82, 2.24) is 14.8 Å². The standard InChI is InChI=1S/C23H33N3O5/c1-23(2,3)19-14-24-20(31-19)15-25-8-7-9-26(11-10-25)22(27)16-12-17(28-4)21(30-6)18(13-16)29-5/h12-14H,7-11,15H2,1-6H3. The van der Waals surface area contributed by atoms with Crippen molar-refractivity contribution in [2.45, 2.75) is 39.2 Å². The van der Waals surface area contributed by atoms with E-state index in [2.05, 4.69) is 30.7 Å². The van der Waals surface area contributed by atoms with E-state index in [4.69, 9.17) is 18.6 Å². The number of aromatic nitrogens is 1. The lowest BCUT2D eigenvalue weighted by atomic mass is 9.94. The average Bonchev–Trinajstić information content (AvgIpc) is 3.11. The molecule has 8 nitrogen and oxygen atoms in total. The van der Waals surface area contributed by atoms with E-state index in [1.165, 1.54) is 0 Å². The molecule has 2 aromatic rings. The maximum atomic E-state index is 13.2. The lowest BCUT2D eigenvalue weighted by Gasteiger charge is -2.22. The second kappa shape index (κ2) is 9.60. The van der Waals surface area contributed by atoms with Gasteiger partial charge in [-0.1, -0.05) is 20.8 Å². The fraction of sp³-hybridized carbons (Fsp3) is 0.565. The van der Waals surface area contributed by atoms with Gasteiger partial charge in [0.2, 0.25) is 11.6 Å². The van der Waals surface area contributed by atoms with Gasteiger partial charge < -0.3 is 23.5 Å². The van der Waals surface area contributed by atoms with Gasteiger partial charge >= 0.3 is 0 Å². The monoisotopic (exact) mass is 431 g/mol. The van der Waals surface area contributed by atoms with E-state index in [-0.39, 0.29) is 11.3 Å². The van der Waals surface area contributed by atoms with Gasteiger partial charge in [0.1, 0.15) is 5.76 Å². The quantitative estimate of drug-likeness (QED) is 0.694. The smallest absolute Gasteiger partial charge is 0.254 e. The number of methoxy groups -OCH3 is 3. The summed E-state index contributed by atoms with van der Waals surface area (Å²) in [5.74, 6) is 2.97. The first-order valence-electron chi connectivity index (χ1n) is 10.5. The average molecular weight is 432 g/mol. The second-order valence-corrected chi connectivity index (χ2v) is 8.70. The Bertz CT molecular complexity index is 878. The van der Waals surface area contributed by atoms with E-state index in [0.29, 0.717) is 48.3 Å². The zero-order valence-corrected chi connectivity index (χ0v) is 19.4. The van der Waals surface area contributed by atoms with Gasteiger partial charge in [0.25, 0.3) is 5.91 Å². The van der Waals surface area contributed by atoms with Crippen molar-refractivity contribution in [2.75, 3.05) is 47.5 Å². The minimum atomic E-state index is -0.0618. The number of carbonyl (C=O) groups excluding carboxylic acids is 1. The molecule has 0 N–H and O–H groups in total. The van der Waals surface area contributed by atoms with E-state index in [1.807, 2.05) is 11.1 Å². The molecule has 3 rings (SSSR count). The topological polar surface area (TPSA) is 77.3 Å². The summed E-state index contributed by atoms with van der Waals surface area (Å²) < 4.78 is 22.1. The number of nitrogens with zero attached hydrogens (tertiary/aromatic N) is 3. The Morgan fingerprint density at radius 2 is 1.71 bits per heavy atom. The Morgan fingerprint density at radius 3 is 2.26 bits per heavy atom. The number of hydrogen-bond donors (Lipinski definition) is 0. The van der Waals surface area contributed by atoms with E-state index in [0.717, 1.165) is 25.3 Å². The first-order chi connectivity index (χ1) is 14.8. The molecule has 0 bridgehead atoms. The van der Waals surface area contributed by atoms with Gasteiger partial charge in [-0.2, -0.15) is 0 Å². The third-order valence-electron chi connectivity index (χ3n) is 5.44. The van der Waals surface area contributed by atoms with Crippen LogP contribution in [0.4, 0.5) is 0 Å². The molecule has 1 aliphatic rings. The summed E-state index contributed by atoms with van der Waals surface area (Å²) in [6.07, 6.45) is 2.69. The number of hydrogen-bond acceptors (Lipinski definition) is 7. The molecule has 1 aromatic heterocycles. The van der Waals surface area contributed by atoms with Crippen molar-refractivity contribution in [3.63, 3.8) is 0 Å². The minimum absolute atomic E-state index is 0.0488. The third-order valence-corrected chi connectivity index (χ3v) is 5.44. The molecule has 0 atom stereocenters. The van der Waals surface area contributed by atoms with Gasteiger partial charge in [-0.25, -0.2) is 4.98 Å². The van der Waals surface area contributed by atoms with Crippen molar-refractivity contribution in [2.24, 2.45) is 0 Å². The normalized spacial score (nSPS) is 15.5. The molecule has 170 valence electrons. The molecule has 0 aliphatic carbocycles. The molecule has 0 unspecified atom stereocenters. The molecule has 0 saturated carbocycles. The fourth-order valence-corrected chi connectivity index (χ4v) is 3.64. The maximum Gasteiger partial charge on any atom is 0.254 e. The summed E-state index contributed by atoms with van der Waals surface area (Å²) in [6, 6.07) is 3.40. The number of rotatable bonds is 6. The lowest BCUT2D eigenvalue weighted by molar-refractivity contribution is 0.0759. The predicted octanol–water partition coefficient (Wildman–Crippen LogP) is 3.35. The third kappa shape index (κ3) is 5.31. The molecule has 1 aliphatic heterocycles. The highest BCUT2D eigenvalue weighted by Gasteiger charge is 2.25. The minimum Gasteiger partial charge on any atom is -0.493 e. The highest BCUT2D eigenvalue weighted by Crippen LogP contribution is 2.38. The van der Waals surface area contributed by atoms with Crippen LogP contribution in [-0.2, 0) is 12.0 Å². The highest BCUT2D eigenvalue weighted by atomic mass is 16.5. The van der Waals surface area contributed by atoms with Gasteiger partial charge in [-0.05, 0) is 18.6 Å². The van der Waals surface area contributed by atoms with Gasteiger partial charge in [0.05, 0.1) is 34.1 Å². The van der Waals surface area contributed by atoms with Crippen molar-refractivity contribution in [3.05, 3.63) is 35.5 Å². The van der Waals surface area contributed by atoms with Crippen LogP contribution in [0.25, 0.3) is 0 Å². The first-order valence-corrected chi connectivity index (χ1v) is 10.5. The van der Waals surface area contributed by atoms with Crippen LogP contribution in [0.3, 0.4) is 0 Å². The van der Waals surface area contributed by atoms with Crippen LogP contribution in [0.1, 0.15) is 49.2 Å². The Hall–Kier alpha value is -2.74. The summed E-state index contributed by atoms with van der Waals surface area (Å²) >= 11 is 0. The predicted molar refractivity (Wildman–Crippen MR) is 117 cm³/mol. The van der Waals surface area contributed by atoms with Crippen molar-refractivity contribution >= 4 is 5.91 Å².